The van der Waals surface area contributed by atoms with Crippen molar-refractivity contribution in [1.82, 2.24) is 19.9 Å². The van der Waals surface area contributed by atoms with E-state index in [2.05, 4.69) is 15.4 Å². The van der Waals surface area contributed by atoms with Crippen LogP contribution in [0.15, 0.2) is 53.1 Å². The second-order valence-corrected chi connectivity index (χ2v) is 6.93. The summed E-state index contributed by atoms with van der Waals surface area (Å²) in [5, 5.41) is 6.03. The highest BCUT2D eigenvalue weighted by Gasteiger charge is 2.36. The van der Waals surface area contributed by atoms with Gasteiger partial charge >= 0.3 is 6.18 Å². The zero-order valence-electron chi connectivity index (χ0n) is 15.5. The first-order valence-electron chi connectivity index (χ1n) is 8.78. The molecule has 0 unspecified atom stereocenters. The number of carbonyl (C=O) groups excluding carboxylic acids is 1. The third-order valence-corrected chi connectivity index (χ3v) is 4.74. The summed E-state index contributed by atoms with van der Waals surface area (Å²) >= 11 is 6.22. The zero-order valence-corrected chi connectivity index (χ0v) is 16.3. The molecule has 0 fully saturated rings. The molecule has 0 atom stereocenters. The topological polar surface area (TPSA) is 72.4 Å². The lowest BCUT2D eigenvalue weighted by Gasteiger charge is -2.11. The number of nitrogens with one attached hydrogen (secondary N) is 1. The molecule has 1 aromatic carbocycles. The zero-order chi connectivity index (χ0) is 21.5. The van der Waals surface area contributed by atoms with E-state index in [1.54, 1.807) is 36.4 Å². The van der Waals surface area contributed by atoms with Gasteiger partial charge in [-0.15, -0.1) is 0 Å². The number of furan rings is 1. The number of carbonyl (C=O) groups is 1. The van der Waals surface area contributed by atoms with E-state index in [0.29, 0.717) is 15.8 Å². The minimum Gasteiger partial charge on any atom is -0.467 e. The van der Waals surface area contributed by atoms with Gasteiger partial charge in [-0.3, -0.25) is 4.79 Å². The fourth-order valence-corrected chi connectivity index (χ4v) is 3.12. The SMILES string of the molecule is Cc1ccc(-c2cc(C(F)(F)F)n3nc(C(=O)NCc4ccco4)c(Cl)c3n2)cc1. The largest absolute Gasteiger partial charge is 0.467 e. The quantitative estimate of drug-likeness (QED) is 0.496. The van der Waals surface area contributed by atoms with E-state index in [-0.39, 0.29) is 28.6 Å². The van der Waals surface area contributed by atoms with Crippen LogP contribution in [-0.4, -0.2) is 20.5 Å². The molecule has 0 aliphatic rings. The van der Waals surface area contributed by atoms with Gasteiger partial charge in [0, 0.05) is 5.56 Å². The van der Waals surface area contributed by atoms with Gasteiger partial charge in [-0.25, -0.2) is 9.50 Å². The summed E-state index contributed by atoms with van der Waals surface area (Å²) in [6, 6.07) is 11.0. The molecule has 0 saturated carbocycles. The Hall–Kier alpha value is -3.33. The molecule has 0 radical (unpaired) electrons. The fraction of sp³-hybridized carbons (Fsp3) is 0.150. The van der Waals surface area contributed by atoms with Crippen molar-refractivity contribution in [2.75, 3.05) is 0 Å². The molecule has 6 nitrogen and oxygen atoms in total. The number of rotatable bonds is 4. The highest BCUT2D eigenvalue weighted by molar-refractivity contribution is 6.36. The molecular formula is C20H14ClF3N4O2. The molecule has 0 aliphatic carbocycles. The smallest absolute Gasteiger partial charge is 0.433 e. The molecule has 1 N–H and O–H groups in total. The second-order valence-electron chi connectivity index (χ2n) is 6.55. The molecule has 3 aromatic heterocycles. The van der Waals surface area contributed by atoms with Crippen LogP contribution < -0.4 is 5.32 Å². The molecule has 0 aliphatic heterocycles. The van der Waals surface area contributed by atoms with Crippen LogP contribution in [0.3, 0.4) is 0 Å². The number of aromatic nitrogens is 3. The van der Waals surface area contributed by atoms with E-state index in [0.717, 1.165) is 11.6 Å². The van der Waals surface area contributed by atoms with Crippen LogP contribution in [0.5, 0.6) is 0 Å². The van der Waals surface area contributed by atoms with Crippen molar-refractivity contribution >= 4 is 23.2 Å². The van der Waals surface area contributed by atoms with Crippen LogP contribution in [0, 0.1) is 6.92 Å². The first-order valence-corrected chi connectivity index (χ1v) is 9.16. The van der Waals surface area contributed by atoms with Gasteiger partial charge in [-0.2, -0.15) is 18.3 Å². The van der Waals surface area contributed by atoms with Crippen LogP contribution in [0.4, 0.5) is 13.2 Å². The summed E-state index contributed by atoms with van der Waals surface area (Å²) in [5.74, 6) is -0.272. The van der Waals surface area contributed by atoms with Gasteiger partial charge in [0.05, 0.1) is 18.5 Å². The molecule has 0 spiro atoms. The predicted octanol–water partition coefficient (Wildman–Crippen LogP) is 4.90. The third-order valence-electron chi connectivity index (χ3n) is 4.39. The van der Waals surface area contributed by atoms with E-state index in [9.17, 15) is 18.0 Å². The number of hydrogen-bond acceptors (Lipinski definition) is 4. The van der Waals surface area contributed by atoms with Crippen LogP contribution in [0.25, 0.3) is 16.9 Å². The number of halogens is 4. The van der Waals surface area contributed by atoms with Gasteiger partial charge in [0.25, 0.3) is 5.91 Å². The lowest BCUT2D eigenvalue weighted by Crippen LogP contribution is -2.23. The number of amides is 1. The summed E-state index contributed by atoms with van der Waals surface area (Å²) in [5.41, 5.74) is -0.204. The number of benzene rings is 1. The Kier molecular flexibility index (Phi) is 4.98. The van der Waals surface area contributed by atoms with Crippen molar-refractivity contribution in [3.63, 3.8) is 0 Å². The van der Waals surface area contributed by atoms with E-state index >= 15 is 0 Å². The van der Waals surface area contributed by atoms with E-state index in [4.69, 9.17) is 16.0 Å². The monoisotopic (exact) mass is 434 g/mol. The summed E-state index contributed by atoms with van der Waals surface area (Å²) in [6.45, 7) is 1.90. The summed E-state index contributed by atoms with van der Waals surface area (Å²) < 4.78 is 46.8. The third kappa shape index (κ3) is 3.76. The Morgan fingerprint density at radius 2 is 1.97 bits per heavy atom. The maximum absolute atomic E-state index is 13.7. The number of fused-ring (bicyclic) bond motifs is 1. The molecule has 1 amide bonds. The molecule has 0 saturated heterocycles. The Morgan fingerprint density at radius 1 is 1.23 bits per heavy atom. The maximum Gasteiger partial charge on any atom is 0.433 e. The summed E-state index contributed by atoms with van der Waals surface area (Å²) in [4.78, 5) is 16.7. The first-order chi connectivity index (χ1) is 14.2. The van der Waals surface area contributed by atoms with Crippen molar-refractivity contribution in [2.24, 2.45) is 0 Å². The molecule has 154 valence electrons. The maximum atomic E-state index is 13.7. The van der Waals surface area contributed by atoms with Crippen LogP contribution >= 0.6 is 11.6 Å². The Balaban J connectivity index is 1.80. The van der Waals surface area contributed by atoms with Gasteiger partial charge < -0.3 is 9.73 Å². The van der Waals surface area contributed by atoms with Crippen molar-refractivity contribution in [1.29, 1.82) is 0 Å². The summed E-state index contributed by atoms with van der Waals surface area (Å²) in [7, 11) is 0. The van der Waals surface area contributed by atoms with Crippen LogP contribution in [0.1, 0.15) is 27.5 Å². The van der Waals surface area contributed by atoms with Crippen LogP contribution in [0.2, 0.25) is 5.02 Å². The standard InChI is InChI=1S/C20H14ClF3N4O2/c1-11-4-6-12(7-5-11)14-9-15(20(22,23)24)28-18(26-14)16(21)17(27-28)19(29)25-10-13-3-2-8-30-13/h2-9H,10H2,1H3,(H,25,29). The van der Waals surface area contributed by atoms with E-state index in [1.807, 2.05) is 6.92 Å². The molecule has 30 heavy (non-hydrogen) atoms. The van der Waals surface area contributed by atoms with Gasteiger partial charge in [-0.1, -0.05) is 41.4 Å². The normalized spacial score (nSPS) is 11.8. The highest BCUT2D eigenvalue weighted by Crippen LogP contribution is 2.34. The van der Waals surface area contributed by atoms with Crippen molar-refractivity contribution in [3.8, 4) is 11.3 Å². The molecule has 0 bridgehead atoms. The van der Waals surface area contributed by atoms with Gasteiger partial charge in [-0.05, 0) is 25.1 Å². The van der Waals surface area contributed by atoms with Crippen molar-refractivity contribution in [3.05, 3.63) is 76.5 Å². The van der Waals surface area contributed by atoms with Crippen molar-refractivity contribution < 1.29 is 22.4 Å². The Morgan fingerprint density at radius 3 is 2.60 bits per heavy atom. The summed E-state index contributed by atoms with van der Waals surface area (Å²) in [6.07, 6.45) is -3.30. The molecule has 4 rings (SSSR count). The molecular weight excluding hydrogens is 421 g/mol. The van der Waals surface area contributed by atoms with Gasteiger partial charge in [0.1, 0.15) is 10.8 Å². The second kappa shape index (κ2) is 7.49. The first kappa shape index (κ1) is 20.0. The average molecular weight is 435 g/mol. The average Bonchev–Trinajstić information content (AvgIpc) is 3.33. The lowest BCUT2D eigenvalue weighted by atomic mass is 10.1. The van der Waals surface area contributed by atoms with Gasteiger partial charge in [0.15, 0.2) is 17.0 Å². The number of aryl methyl sites for hydroxylation is 1. The van der Waals surface area contributed by atoms with Crippen LogP contribution in [-0.2, 0) is 12.7 Å². The number of hydrogen-bond donors (Lipinski definition) is 1. The Labute approximate surface area is 173 Å². The van der Waals surface area contributed by atoms with E-state index in [1.165, 1.54) is 6.26 Å². The van der Waals surface area contributed by atoms with Crippen molar-refractivity contribution in [2.45, 2.75) is 19.6 Å². The van der Waals surface area contributed by atoms with E-state index < -0.39 is 17.8 Å². The lowest BCUT2D eigenvalue weighted by molar-refractivity contribution is -0.142. The number of alkyl halides is 3. The number of nitrogens with zero attached hydrogens (tertiary/aromatic N) is 3. The highest BCUT2D eigenvalue weighted by atomic mass is 35.5. The molecule has 3 heterocycles. The molecule has 10 heteroatoms. The molecule has 4 aromatic rings. The minimum absolute atomic E-state index is 0.0320. The fourth-order valence-electron chi connectivity index (χ4n) is 2.88. The Bertz CT molecular complexity index is 1220. The van der Waals surface area contributed by atoms with Gasteiger partial charge in [0.2, 0.25) is 0 Å². The minimum atomic E-state index is -4.74. The predicted molar refractivity (Wildman–Crippen MR) is 103 cm³/mol.